The van der Waals surface area contributed by atoms with E-state index in [0.29, 0.717) is 24.5 Å². The number of rotatable bonds is 8. The first-order chi connectivity index (χ1) is 22.9. The van der Waals surface area contributed by atoms with Gasteiger partial charge in [0.05, 0.1) is 24.6 Å². The van der Waals surface area contributed by atoms with Crippen LogP contribution in [0.1, 0.15) is 40.9 Å². The van der Waals surface area contributed by atoms with E-state index in [-0.39, 0.29) is 23.8 Å². The van der Waals surface area contributed by atoms with Gasteiger partial charge in [0.15, 0.2) is 0 Å². The first-order valence-electron chi connectivity index (χ1n) is 14.9. The molecule has 0 radical (unpaired) electrons. The molecule has 10 nitrogen and oxygen atoms in total. The van der Waals surface area contributed by atoms with Gasteiger partial charge in [0.1, 0.15) is 11.9 Å². The van der Waals surface area contributed by atoms with Crippen LogP contribution in [0.3, 0.4) is 0 Å². The number of alkyl halides is 3. The monoisotopic (exact) mass is 661 g/mol. The lowest BCUT2D eigenvalue weighted by Gasteiger charge is -2.32. The Morgan fingerprint density at radius 3 is 2.29 bits per heavy atom. The average molecular weight is 662 g/mol. The Morgan fingerprint density at radius 1 is 1.00 bits per heavy atom. The number of esters is 1. The largest absolute Gasteiger partial charge is 0.466 e. The summed E-state index contributed by atoms with van der Waals surface area (Å²) >= 11 is 0. The Balaban J connectivity index is 0.000000260. The molecule has 0 spiro atoms. The van der Waals surface area contributed by atoms with Crippen molar-refractivity contribution < 1.29 is 37.1 Å². The number of ether oxygens (including phenoxy) is 1. The van der Waals surface area contributed by atoms with Crippen molar-refractivity contribution in [3.8, 4) is 5.69 Å². The number of nitrogens with one attached hydrogen (secondary N) is 2. The molecule has 48 heavy (non-hydrogen) atoms. The van der Waals surface area contributed by atoms with Crippen LogP contribution in [-0.4, -0.2) is 53.2 Å². The maximum atomic E-state index is 13.1. The summed E-state index contributed by atoms with van der Waals surface area (Å²) in [4.78, 5) is 49.7. The zero-order chi connectivity index (χ0) is 34.8. The standard InChI is InChI=1S/C22H19F3N4O2.C13H15NO3/c1-2-28-20-15(13-26-29(20)17-9-4-3-5-10-17)12-18(21(28)31)27-19(30)14-7-6-8-16(11-14)22(23,24)25;1-10(8-12(15)17-2)13(16)14-9-11-6-4-3-5-7-11/h3-11,13,18H,2,12H2,1H3,(H,27,30);3-8H,9H2,1-2H3,(H,14,16)/b;10-8+. The van der Waals surface area contributed by atoms with Crippen LogP contribution in [0.25, 0.3) is 5.69 Å². The number of carbonyl (C=O) groups excluding carboxylic acids is 4. The van der Waals surface area contributed by atoms with E-state index in [2.05, 4.69) is 20.5 Å². The lowest BCUT2D eigenvalue weighted by atomic mass is 10.0. The number of amides is 3. The number of carbonyl (C=O) groups is 4. The molecule has 1 aliphatic rings. The van der Waals surface area contributed by atoms with Crippen molar-refractivity contribution in [2.45, 2.75) is 39.0 Å². The minimum Gasteiger partial charge on any atom is -0.466 e. The summed E-state index contributed by atoms with van der Waals surface area (Å²) in [7, 11) is 1.27. The number of likely N-dealkylation sites (N-methyl/N-ethyl adjacent to an activating group) is 1. The van der Waals surface area contributed by atoms with Crippen molar-refractivity contribution in [3.05, 3.63) is 125 Å². The number of methoxy groups -OCH3 is 1. The molecule has 0 bridgehead atoms. The van der Waals surface area contributed by atoms with E-state index in [1.54, 1.807) is 24.7 Å². The van der Waals surface area contributed by atoms with Gasteiger partial charge in [0.25, 0.3) is 11.8 Å². The first kappa shape index (κ1) is 35.1. The highest BCUT2D eigenvalue weighted by Crippen LogP contribution is 2.31. The van der Waals surface area contributed by atoms with E-state index < -0.39 is 29.7 Å². The molecule has 3 aromatic carbocycles. The molecule has 1 aromatic heterocycles. The van der Waals surface area contributed by atoms with Gasteiger partial charge in [-0.15, -0.1) is 0 Å². The molecular weight excluding hydrogens is 627 g/mol. The van der Waals surface area contributed by atoms with Gasteiger partial charge < -0.3 is 15.4 Å². The highest BCUT2D eigenvalue weighted by molar-refractivity contribution is 6.04. The van der Waals surface area contributed by atoms with Crippen LogP contribution in [-0.2, 0) is 38.3 Å². The molecule has 0 aliphatic carbocycles. The number of anilines is 1. The zero-order valence-electron chi connectivity index (χ0n) is 26.5. The molecule has 5 rings (SSSR count). The molecular formula is C35H34F3N5O5. The summed E-state index contributed by atoms with van der Waals surface area (Å²) < 4.78 is 45.0. The van der Waals surface area contributed by atoms with E-state index in [1.165, 1.54) is 30.2 Å². The number of fused-ring (bicyclic) bond motifs is 1. The van der Waals surface area contributed by atoms with Gasteiger partial charge in [0, 0.05) is 42.3 Å². The van der Waals surface area contributed by atoms with Crippen LogP contribution in [0, 0.1) is 0 Å². The normalized spacial score (nSPS) is 14.3. The molecule has 0 saturated heterocycles. The van der Waals surface area contributed by atoms with Crippen molar-refractivity contribution in [2.24, 2.45) is 0 Å². The lowest BCUT2D eigenvalue weighted by Crippen LogP contribution is -2.53. The predicted molar refractivity (Wildman–Crippen MR) is 172 cm³/mol. The highest BCUT2D eigenvalue weighted by atomic mass is 19.4. The Bertz CT molecular complexity index is 1790. The quantitative estimate of drug-likeness (QED) is 0.202. The van der Waals surface area contributed by atoms with Gasteiger partial charge in [0.2, 0.25) is 5.91 Å². The minimum absolute atomic E-state index is 0.156. The molecule has 1 atom stereocenters. The second-order valence-corrected chi connectivity index (χ2v) is 10.7. The summed E-state index contributed by atoms with van der Waals surface area (Å²) in [5, 5.41) is 9.69. The van der Waals surface area contributed by atoms with Crippen molar-refractivity contribution in [1.29, 1.82) is 0 Å². The van der Waals surface area contributed by atoms with Crippen LogP contribution in [0.15, 0.2) is 103 Å². The SMILES string of the molecule is CCN1C(=O)C(NC(=O)c2cccc(C(F)(F)F)c2)Cc2cnn(-c3ccccc3)c21.COC(=O)/C=C(\C)C(=O)NCc1ccccc1. The van der Waals surface area contributed by atoms with Gasteiger partial charge in [-0.1, -0.05) is 54.6 Å². The number of nitrogens with zero attached hydrogens (tertiary/aromatic N) is 3. The van der Waals surface area contributed by atoms with Crippen molar-refractivity contribution >= 4 is 29.5 Å². The van der Waals surface area contributed by atoms with Crippen LogP contribution in [0.5, 0.6) is 0 Å². The fourth-order valence-corrected chi connectivity index (χ4v) is 4.88. The third kappa shape index (κ3) is 8.75. The number of para-hydroxylation sites is 1. The van der Waals surface area contributed by atoms with Gasteiger partial charge in [-0.25, -0.2) is 9.48 Å². The second kappa shape index (κ2) is 15.7. The Morgan fingerprint density at radius 2 is 1.67 bits per heavy atom. The van der Waals surface area contributed by atoms with Crippen LogP contribution in [0.2, 0.25) is 0 Å². The summed E-state index contributed by atoms with van der Waals surface area (Å²) in [6.45, 7) is 4.16. The predicted octanol–water partition coefficient (Wildman–Crippen LogP) is 5.02. The Hall–Kier alpha value is -5.72. The van der Waals surface area contributed by atoms with E-state index in [1.807, 2.05) is 60.7 Å². The summed E-state index contributed by atoms with van der Waals surface area (Å²) in [5.41, 5.74) is 1.81. The van der Waals surface area contributed by atoms with E-state index in [9.17, 15) is 32.3 Å². The first-order valence-corrected chi connectivity index (χ1v) is 14.9. The Labute approximate surface area is 275 Å². The van der Waals surface area contributed by atoms with Crippen molar-refractivity contribution in [2.75, 3.05) is 18.6 Å². The van der Waals surface area contributed by atoms with Gasteiger partial charge >= 0.3 is 12.1 Å². The van der Waals surface area contributed by atoms with E-state index >= 15 is 0 Å². The van der Waals surface area contributed by atoms with Gasteiger partial charge in [-0.3, -0.25) is 19.3 Å². The summed E-state index contributed by atoms with van der Waals surface area (Å²) in [6.07, 6.45) is -1.56. The minimum atomic E-state index is -4.56. The van der Waals surface area contributed by atoms with Crippen molar-refractivity contribution in [1.82, 2.24) is 20.4 Å². The number of hydrogen-bond acceptors (Lipinski definition) is 6. The maximum Gasteiger partial charge on any atom is 0.416 e. The Kier molecular flexibility index (Phi) is 11.5. The van der Waals surface area contributed by atoms with E-state index in [4.69, 9.17) is 0 Å². The number of hydrogen-bond donors (Lipinski definition) is 2. The molecule has 0 fully saturated rings. The smallest absolute Gasteiger partial charge is 0.416 e. The van der Waals surface area contributed by atoms with E-state index in [0.717, 1.165) is 28.9 Å². The number of aromatic nitrogens is 2. The third-order valence-electron chi connectivity index (χ3n) is 7.32. The number of benzene rings is 3. The highest BCUT2D eigenvalue weighted by Gasteiger charge is 2.37. The van der Waals surface area contributed by atoms with Crippen molar-refractivity contribution in [3.63, 3.8) is 0 Å². The third-order valence-corrected chi connectivity index (χ3v) is 7.32. The average Bonchev–Trinajstić information content (AvgIpc) is 3.51. The van der Waals surface area contributed by atoms with Crippen LogP contribution in [0.4, 0.5) is 19.0 Å². The summed E-state index contributed by atoms with van der Waals surface area (Å²) in [5.74, 6) is -1.26. The fourth-order valence-electron chi connectivity index (χ4n) is 4.88. The zero-order valence-corrected chi connectivity index (χ0v) is 26.5. The molecule has 2 heterocycles. The van der Waals surface area contributed by atoms with Gasteiger partial charge in [-0.05, 0) is 49.7 Å². The summed E-state index contributed by atoms with van der Waals surface area (Å²) in [6, 6.07) is 22.1. The molecule has 250 valence electrons. The molecule has 1 unspecified atom stereocenters. The molecule has 4 aromatic rings. The van der Waals surface area contributed by atoms with Crippen LogP contribution < -0.4 is 15.5 Å². The molecule has 1 aliphatic heterocycles. The molecule has 0 saturated carbocycles. The molecule has 13 heteroatoms. The second-order valence-electron chi connectivity index (χ2n) is 10.7. The topological polar surface area (TPSA) is 123 Å². The lowest BCUT2D eigenvalue weighted by molar-refractivity contribution is -0.137. The maximum absolute atomic E-state index is 13.1. The number of halogens is 3. The van der Waals surface area contributed by atoms with Gasteiger partial charge in [-0.2, -0.15) is 18.3 Å². The molecule has 3 amide bonds. The van der Waals surface area contributed by atoms with Crippen LogP contribution >= 0.6 is 0 Å². The molecule has 2 N–H and O–H groups in total. The fraction of sp³-hybridized carbons (Fsp3) is 0.229.